The van der Waals surface area contributed by atoms with Crippen molar-refractivity contribution in [2.24, 2.45) is 0 Å². The van der Waals surface area contributed by atoms with Crippen LogP contribution in [0.1, 0.15) is 238 Å². The number of aliphatic hydroxyl groups is 2. The number of hydrogen-bond donors (Lipinski definition) is 5. The monoisotopic (exact) mass is 1090 g/mol. The van der Waals surface area contributed by atoms with Gasteiger partial charge in [-0.25, -0.2) is 9.36 Å². The largest absolute Gasteiger partial charge is 0.472 e. The Morgan fingerprint density at radius 1 is 0.693 bits per heavy atom. The lowest BCUT2D eigenvalue weighted by atomic mass is 10.0. The van der Waals surface area contributed by atoms with E-state index in [1.807, 2.05) is 0 Å². The molecule has 0 saturated carbocycles. The van der Waals surface area contributed by atoms with Gasteiger partial charge in [-0.2, -0.15) is 13.8 Å². The van der Waals surface area contributed by atoms with Gasteiger partial charge in [0, 0.05) is 38.4 Å². The quantitative estimate of drug-likeness (QED) is 0.0231. The number of carbonyl (C=O) groups is 4. The number of unbranched alkanes of at least 4 members (excludes halogenated alkanes) is 28. The molecule has 75 heavy (non-hydrogen) atoms. The zero-order chi connectivity index (χ0) is 55.0. The first-order chi connectivity index (χ1) is 36.1. The van der Waals surface area contributed by atoms with Crippen LogP contribution in [-0.2, 0) is 47.0 Å². The molecule has 5 N–H and O–H groups in total. The number of amides is 2. The van der Waals surface area contributed by atoms with Crippen LogP contribution in [0.3, 0.4) is 0 Å². The van der Waals surface area contributed by atoms with Crippen molar-refractivity contribution in [3.63, 3.8) is 0 Å². The lowest BCUT2D eigenvalue weighted by molar-refractivity contribution is -0.161. The summed E-state index contributed by atoms with van der Waals surface area (Å²) in [7, 11) is -4.75. The van der Waals surface area contributed by atoms with E-state index in [4.69, 9.17) is 23.3 Å². The lowest BCUT2D eigenvalue weighted by Crippen LogP contribution is -2.41. The molecule has 0 aliphatic carbocycles. The smallest absolute Gasteiger partial charge is 0.462 e. The predicted octanol–water partition coefficient (Wildman–Crippen LogP) is 11.1. The van der Waals surface area contributed by atoms with Gasteiger partial charge in [0.15, 0.2) is 12.2 Å². The summed E-state index contributed by atoms with van der Waals surface area (Å²) in [6.45, 7) is 1.83. The number of nitrogens with one attached hydrogen (secondary N) is 2. The zero-order valence-corrected chi connectivity index (χ0v) is 46.4. The molecule has 0 bridgehead atoms. The van der Waals surface area contributed by atoms with Crippen LogP contribution >= 0.6 is 7.82 Å². The van der Waals surface area contributed by atoms with Crippen molar-refractivity contribution < 1.29 is 70.9 Å². The second kappa shape index (κ2) is 41.7. The average Bonchev–Trinajstić information content (AvgIpc) is 3.61. The summed E-state index contributed by atoms with van der Waals surface area (Å²) in [5, 5.41) is 23.6. The van der Waals surface area contributed by atoms with E-state index in [2.05, 4.69) is 29.5 Å². The van der Waals surface area contributed by atoms with Gasteiger partial charge in [0.1, 0.15) is 18.5 Å². The minimum atomic E-state index is -4.75. The number of anilines is 1. The molecular formula is C54H95F2N4O14P. The first-order valence-corrected chi connectivity index (χ1v) is 30.1. The molecule has 21 heteroatoms. The molecule has 1 unspecified atom stereocenters. The van der Waals surface area contributed by atoms with E-state index >= 15 is 0 Å². The van der Waals surface area contributed by atoms with Crippen molar-refractivity contribution in [1.82, 2.24) is 14.9 Å². The summed E-state index contributed by atoms with van der Waals surface area (Å²) in [6.07, 6.45) is 28.7. The number of esters is 2. The molecule has 1 aromatic heterocycles. The fourth-order valence-electron chi connectivity index (χ4n) is 8.77. The molecule has 2 amide bonds. The summed E-state index contributed by atoms with van der Waals surface area (Å²) in [5.41, 5.74) is -1.24. The van der Waals surface area contributed by atoms with E-state index < -0.39 is 94.0 Å². The van der Waals surface area contributed by atoms with Crippen LogP contribution in [0.4, 0.5) is 14.6 Å². The summed E-state index contributed by atoms with van der Waals surface area (Å²) in [5.74, 6) is -6.65. The second-order valence-electron chi connectivity index (χ2n) is 20.0. The van der Waals surface area contributed by atoms with Gasteiger partial charge >= 0.3 is 31.4 Å². The molecule has 1 fully saturated rings. The Bertz CT molecular complexity index is 1810. The Balaban J connectivity index is 1.72. The number of ether oxygens (including phenoxy) is 3. The number of halogens is 2. The van der Waals surface area contributed by atoms with E-state index in [0.717, 1.165) is 57.2 Å². The summed E-state index contributed by atoms with van der Waals surface area (Å²) >= 11 is 0. The molecule has 0 aromatic carbocycles. The number of alkyl halides is 2. The second-order valence-corrected chi connectivity index (χ2v) is 21.5. The molecule has 18 nitrogen and oxygen atoms in total. The van der Waals surface area contributed by atoms with Crippen molar-refractivity contribution in [3.05, 3.63) is 22.7 Å². The topological polar surface area (TPSA) is 251 Å². The molecule has 5 atom stereocenters. The fraction of sp³-hybridized carbons (Fsp3) is 0.852. The molecule has 0 spiro atoms. The maximum Gasteiger partial charge on any atom is 0.472 e. The normalized spacial score (nSPS) is 17.3. The molecule has 1 aliphatic heterocycles. The molecule has 1 saturated heterocycles. The van der Waals surface area contributed by atoms with E-state index in [9.17, 15) is 52.4 Å². The van der Waals surface area contributed by atoms with Crippen molar-refractivity contribution in [1.29, 1.82) is 0 Å². The molecule has 2 heterocycles. The average molecular weight is 1090 g/mol. The van der Waals surface area contributed by atoms with Crippen LogP contribution in [0.25, 0.3) is 0 Å². The van der Waals surface area contributed by atoms with Crippen LogP contribution in [0, 0.1) is 0 Å². The van der Waals surface area contributed by atoms with Gasteiger partial charge in [-0.1, -0.05) is 194 Å². The maximum atomic E-state index is 14.5. The van der Waals surface area contributed by atoms with Crippen LogP contribution in [0.15, 0.2) is 17.1 Å². The van der Waals surface area contributed by atoms with Gasteiger partial charge in [0.25, 0.3) is 0 Å². The number of rotatable bonds is 48. The fourth-order valence-corrected chi connectivity index (χ4v) is 9.52. The Morgan fingerprint density at radius 3 is 1.60 bits per heavy atom. The van der Waals surface area contributed by atoms with Gasteiger partial charge in [-0.3, -0.25) is 32.8 Å². The van der Waals surface area contributed by atoms with Crippen LogP contribution in [-0.4, -0.2) is 106 Å². The van der Waals surface area contributed by atoms with Gasteiger partial charge in [0.05, 0.1) is 19.8 Å². The van der Waals surface area contributed by atoms with E-state index in [-0.39, 0.29) is 38.2 Å². The highest BCUT2D eigenvalue weighted by atomic mass is 31.2. The van der Waals surface area contributed by atoms with Crippen molar-refractivity contribution in [3.8, 4) is 0 Å². The molecule has 1 aliphatic rings. The number of hydrogen-bond acceptors (Lipinski definition) is 14. The molecule has 2 rings (SSSR count). The summed E-state index contributed by atoms with van der Waals surface area (Å²) < 4.78 is 68.1. The zero-order valence-electron chi connectivity index (χ0n) is 45.5. The summed E-state index contributed by atoms with van der Waals surface area (Å²) in [6, 6.07) is 1.03. The van der Waals surface area contributed by atoms with Gasteiger partial charge in [-0.15, -0.1) is 0 Å². The van der Waals surface area contributed by atoms with E-state index in [1.165, 1.54) is 135 Å². The first kappa shape index (κ1) is 67.7. The van der Waals surface area contributed by atoms with Crippen LogP contribution in [0.2, 0.25) is 0 Å². The summed E-state index contributed by atoms with van der Waals surface area (Å²) in [4.78, 5) is 76.7. The Hall–Kier alpha value is -3.39. The Morgan fingerprint density at radius 2 is 1.15 bits per heavy atom. The predicted molar refractivity (Wildman–Crippen MR) is 283 cm³/mol. The number of nitrogens with zero attached hydrogens (tertiary/aromatic N) is 2. The van der Waals surface area contributed by atoms with Crippen LogP contribution < -0.4 is 16.3 Å². The Kier molecular flexibility index (Phi) is 37.6. The van der Waals surface area contributed by atoms with Gasteiger partial charge in [0.2, 0.25) is 18.0 Å². The highest BCUT2D eigenvalue weighted by Crippen LogP contribution is 2.43. The standard InChI is InChI=1S/C54H95F2N4O14P/c1-3-5-7-9-11-13-15-17-19-21-23-25-27-29-31-33-49(64)70-42-44(73-50(65)34-32-30-28-26-24-22-20-18-16-14-12-10-8-6-4-2)43-72-75(68,69)71-40-38-57-47(62)35-36-48(63)58-46-37-39-60(53(67)59-46)52-54(55,56)51(66)45(41-61)74-52/h37,39,44-45,51-52,61,66H,3-36,38,40-43H2,1-2H3,(H,57,62)(H,68,69)(H,58,59,63,67)/t44-,45-,51+,52-/m1/s1. The van der Waals surface area contributed by atoms with Crippen molar-refractivity contribution in [2.45, 2.75) is 263 Å². The van der Waals surface area contributed by atoms with Gasteiger partial charge < -0.3 is 40.0 Å². The molecule has 0 radical (unpaired) electrons. The maximum absolute atomic E-state index is 14.5. The minimum Gasteiger partial charge on any atom is -0.462 e. The molecular weight excluding hydrogens is 998 g/mol. The highest BCUT2D eigenvalue weighted by Gasteiger charge is 2.59. The number of carbonyl (C=O) groups excluding carboxylic acids is 4. The molecule has 1 aromatic rings. The minimum absolute atomic E-state index is 0.125. The van der Waals surface area contributed by atoms with Crippen molar-refractivity contribution >= 4 is 37.4 Å². The number of aromatic nitrogens is 2. The SMILES string of the molecule is CCCCCCCCCCCCCCCCCC(=O)OC[C@H](COP(=O)(O)OCCNC(=O)CCC(=O)Nc1ccn([C@@H]2O[C@H](CO)[C@H](O)C2(F)F)c(=O)n1)OC(=O)CCCCCCCCCCCCCCCCC. The lowest BCUT2D eigenvalue weighted by Gasteiger charge is -2.21. The van der Waals surface area contributed by atoms with Crippen molar-refractivity contribution in [2.75, 3.05) is 38.3 Å². The van der Waals surface area contributed by atoms with E-state index in [0.29, 0.717) is 17.4 Å². The number of phosphoric acid groups is 1. The van der Waals surface area contributed by atoms with Crippen LogP contribution in [0.5, 0.6) is 0 Å². The molecule has 434 valence electrons. The third kappa shape index (κ3) is 32.2. The Labute approximate surface area is 445 Å². The van der Waals surface area contributed by atoms with Gasteiger partial charge in [-0.05, 0) is 18.9 Å². The first-order valence-electron chi connectivity index (χ1n) is 28.6. The number of aliphatic hydroxyl groups excluding tert-OH is 2. The third-order valence-corrected chi connectivity index (χ3v) is 14.3. The van der Waals surface area contributed by atoms with E-state index in [1.54, 1.807) is 0 Å². The number of phosphoric ester groups is 1. The highest BCUT2D eigenvalue weighted by molar-refractivity contribution is 7.47. The third-order valence-electron chi connectivity index (χ3n) is 13.3.